The zero-order valence-corrected chi connectivity index (χ0v) is 9.92. The Morgan fingerprint density at radius 3 is 2.87 bits per heavy atom. The lowest BCUT2D eigenvalue weighted by Gasteiger charge is -1.98. The van der Waals surface area contributed by atoms with Crippen molar-refractivity contribution in [3.63, 3.8) is 0 Å². The Bertz CT molecular complexity index is 528. The van der Waals surface area contributed by atoms with Crippen molar-refractivity contribution in [2.45, 2.75) is 13.8 Å². The summed E-state index contributed by atoms with van der Waals surface area (Å²) in [5.41, 5.74) is 0.707. The first kappa shape index (κ1) is 10.2. The van der Waals surface area contributed by atoms with Gasteiger partial charge < -0.3 is 9.15 Å². The highest BCUT2D eigenvalue weighted by Gasteiger charge is 2.13. The molecule has 1 aromatic carbocycles. The topological polar surface area (TPSA) is 39.4 Å². The molecule has 0 aliphatic rings. The minimum absolute atomic E-state index is 0.344. The van der Waals surface area contributed by atoms with Crippen LogP contribution in [0.5, 0.6) is 5.75 Å². The van der Waals surface area contributed by atoms with Crippen molar-refractivity contribution in [2.24, 2.45) is 0 Å². The van der Waals surface area contributed by atoms with Crippen LogP contribution in [0, 0.1) is 6.92 Å². The summed E-state index contributed by atoms with van der Waals surface area (Å²) < 4.78 is 11.5. The minimum atomic E-state index is -0.344. The van der Waals surface area contributed by atoms with Crippen molar-refractivity contribution >= 4 is 32.9 Å². The number of ether oxygens (including phenoxy) is 1. The van der Waals surface area contributed by atoms with Gasteiger partial charge in [0, 0.05) is 11.4 Å². The van der Waals surface area contributed by atoms with E-state index < -0.39 is 0 Å². The van der Waals surface area contributed by atoms with Gasteiger partial charge >= 0.3 is 5.97 Å². The summed E-state index contributed by atoms with van der Waals surface area (Å²) in [5.74, 6) is 0.770. The molecule has 0 fully saturated rings. The maximum Gasteiger partial charge on any atom is 0.308 e. The van der Waals surface area contributed by atoms with Crippen molar-refractivity contribution in [1.82, 2.24) is 0 Å². The normalized spacial score (nSPS) is 10.6. The van der Waals surface area contributed by atoms with E-state index in [0.717, 1.165) is 9.86 Å². The molecule has 4 heteroatoms. The fraction of sp³-hybridized carbons (Fsp3) is 0.182. The highest BCUT2D eigenvalue weighted by Crippen LogP contribution is 2.34. The summed E-state index contributed by atoms with van der Waals surface area (Å²) in [6.07, 6.45) is 0. The number of furan rings is 1. The van der Waals surface area contributed by atoms with Gasteiger partial charge in [0.1, 0.15) is 11.3 Å². The molecule has 0 saturated heterocycles. The third-order valence-corrected chi connectivity index (χ3v) is 2.51. The van der Waals surface area contributed by atoms with Crippen LogP contribution in [-0.2, 0) is 4.79 Å². The first-order chi connectivity index (χ1) is 7.08. The lowest BCUT2D eigenvalue weighted by molar-refractivity contribution is -0.131. The number of rotatable bonds is 1. The van der Waals surface area contributed by atoms with Crippen molar-refractivity contribution in [2.75, 3.05) is 0 Å². The van der Waals surface area contributed by atoms with Crippen molar-refractivity contribution in [1.29, 1.82) is 0 Å². The summed E-state index contributed by atoms with van der Waals surface area (Å²) in [6, 6.07) is 5.58. The number of fused-ring (bicyclic) bond motifs is 1. The number of hydrogen-bond donors (Lipinski definition) is 0. The highest BCUT2D eigenvalue weighted by atomic mass is 79.9. The van der Waals surface area contributed by atoms with Crippen LogP contribution < -0.4 is 4.74 Å². The molecular formula is C11H9BrO3. The summed E-state index contributed by atoms with van der Waals surface area (Å²) in [6.45, 7) is 3.14. The summed E-state index contributed by atoms with van der Waals surface area (Å²) >= 11 is 3.35. The molecule has 0 saturated carbocycles. The van der Waals surface area contributed by atoms with Crippen LogP contribution in [0.25, 0.3) is 11.0 Å². The summed E-state index contributed by atoms with van der Waals surface area (Å²) in [7, 11) is 0. The van der Waals surface area contributed by atoms with E-state index in [1.54, 1.807) is 6.92 Å². The van der Waals surface area contributed by atoms with Crippen LogP contribution in [0.15, 0.2) is 27.1 Å². The van der Waals surface area contributed by atoms with Crippen molar-refractivity contribution in [3.05, 3.63) is 28.4 Å². The molecule has 2 aromatic rings. The molecule has 0 bridgehead atoms. The molecular weight excluding hydrogens is 260 g/mol. The van der Waals surface area contributed by atoms with Gasteiger partial charge in [-0.2, -0.15) is 0 Å². The Labute approximate surface area is 95.1 Å². The predicted molar refractivity (Wildman–Crippen MR) is 60.0 cm³/mol. The molecule has 1 heterocycles. The predicted octanol–water partition coefficient (Wildman–Crippen LogP) is 3.43. The molecule has 0 radical (unpaired) electrons. The van der Waals surface area contributed by atoms with Crippen LogP contribution >= 0.6 is 15.9 Å². The van der Waals surface area contributed by atoms with E-state index in [1.807, 2.05) is 18.2 Å². The van der Waals surface area contributed by atoms with Gasteiger partial charge in [-0.25, -0.2) is 0 Å². The maximum atomic E-state index is 10.9. The second-order valence-electron chi connectivity index (χ2n) is 3.22. The van der Waals surface area contributed by atoms with Gasteiger partial charge in [-0.1, -0.05) is 15.9 Å². The average molecular weight is 269 g/mol. The SMILES string of the molecule is CC(=O)Oc1c(C)oc2cc(Br)ccc12. The van der Waals surface area contributed by atoms with Gasteiger partial charge in [-0.05, 0) is 25.1 Å². The lowest BCUT2D eigenvalue weighted by Crippen LogP contribution is -2.01. The standard InChI is InChI=1S/C11H9BrO3/c1-6-11(15-7(2)13)9-4-3-8(12)5-10(9)14-6/h3-5H,1-2H3. The van der Waals surface area contributed by atoms with Crippen LogP contribution in [-0.4, -0.2) is 5.97 Å². The van der Waals surface area contributed by atoms with E-state index in [0.29, 0.717) is 17.1 Å². The van der Waals surface area contributed by atoms with Crippen LogP contribution in [0.1, 0.15) is 12.7 Å². The molecule has 0 spiro atoms. The van der Waals surface area contributed by atoms with Crippen molar-refractivity contribution < 1.29 is 13.9 Å². The fourth-order valence-electron chi connectivity index (χ4n) is 1.44. The smallest absolute Gasteiger partial charge is 0.308 e. The second kappa shape index (κ2) is 3.70. The molecule has 1 aromatic heterocycles. The molecule has 78 valence electrons. The van der Waals surface area contributed by atoms with E-state index >= 15 is 0 Å². The first-order valence-corrected chi connectivity index (χ1v) is 5.24. The summed E-state index contributed by atoms with van der Waals surface area (Å²) in [4.78, 5) is 10.9. The van der Waals surface area contributed by atoms with Gasteiger partial charge in [0.2, 0.25) is 0 Å². The number of benzene rings is 1. The second-order valence-corrected chi connectivity index (χ2v) is 4.14. The molecule has 0 unspecified atom stereocenters. The maximum absolute atomic E-state index is 10.9. The fourth-order valence-corrected chi connectivity index (χ4v) is 1.78. The Balaban J connectivity index is 2.63. The van der Waals surface area contributed by atoms with Gasteiger partial charge in [0.15, 0.2) is 5.75 Å². The number of carbonyl (C=O) groups excluding carboxylic acids is 1. The zero-order chi connectivity index (χ0) is 11.0. The van der Waals surface area contributed by atoms with E-state index in [1.165, 1.54) is 6.92 Å². The number of esters is 1. The van der Waals surface area contributed by atoms with Crippen LogP contribution in [0.3, 0.4) is 0 Å². The number of halogens is 1. The molecule has 0 amide bonds. The number of hydrogen-bond acceptors (Lipinski definition) is 3. The molecule has 0 atom stereocenters. The van der Waals surface area contributed by atoms with Gasteiger partial charge in [-0.15, -0.1) is 0 Å². The molecule has 3 nitrogen and oxygen atoms in total. The number of aryl methyl sites for hydroxylation is 1. The van der Waals surface area contributed by atoms with Gasteiger partial charge in [-0.3, -0.25) is 4.79 Å². The third kappa shape index (κ3) is 1.90. The Morgan fingerprint density at radius 2 is 2.20 bits per heavy atom. The molecule has 15 heavy (non-hydrogen) atoms. The first-order valence-electron chi connectivity index (χ1n) is 4.45. The Kier molecular flexibility index (Phi) is 2.52. The largest absolute Gasteiger partial charge is 0.457 e. The van der Waals surface area contributed by atoms with Gasteiger partial charge in [0.25, 0.3) is 0 Å². The minimum Gasteiger partial charge on any atom is -0.457 e. The van der Waals surface area contributed by atoms with E-state index in [2.05, 4.69) is 15.9 Å². The highest BCUT2D eigenvalue weighted by molar-refractivity contribution is 9.10. The van der Waals surface area contributed by atoms with Gasteiger partial charge in [0.05, 0.1) is 5.39 Å². The summed E-state index contributed by atoms with van der Waals surface area (Å²) in [5, 5.41) is 0.811. The lowest BCUT2D eigenvalue weighted by atomic mass is 10.2. The molecule has 0 aliphatic carbocycles. The quantitative estimate of drug-likeness (QED) is 0.744. The van der Waals surface area contributed by atoms with Crippen LogP contribution in [0.2, 0.25) is 0 Å². The monoisotopic (exact) mass is 268 g/mol. The van der Waals surface area contributed by atoms with E-state index in [-0.39, 0.29) is 5.97 Å². The van der Waals surface area contributed by atoms with E-state index in [4.69, 9.17) is 9.15 Å². The van der Waals surface area contributed by atoms with Crippen LogP contribution in [0.4, 0.5) is 0 Å². The zero-order valence-electron chi connectivity index (χ0n) is 8.33. The molecule has 0 N–H and O–H groups in total. The van der Waals surface area contributed by atoms with E-state index in [9.17, 15) is 4.79 Å². The average Bonchev–Trinajstić information content (AvgIpc) is 2.41. The molecule has 0 aliphatic heterocycles. The third-order valence-electron chi connectivity index (χ3n) is 2.02. The molecule has 2 rings (SSSR count). The Hall–Kier alpha value is -1.29. The Morgan fingerprint density at radius 1 is 1.47 bits per heavy atom. The number of carbonyl (C=O) groups is 1. The van der Waals surface area contributed by atoms with Crippen molar-refractivity contribution in [3.8, 4) is 5.75 Å².